The van der Waals surface area contributed by atoms with Gasteiger partial charge in [0.1, 0.15) is 67.1 Å². The second-order valence-corrected chi connectivity index (χ2v) is 20.1. The molecule has 23 heteroatoms. The van der Waals surface area contributed by atoms with Gasteiger partial charge in [0.2, 0.25) is 11.8 Å². The van der Waals surface area contributed by atoms with Crippen LogP contribution in [0.5, 0.6) is 0 Å². The molecule has 3 fully saturated rings. The van der Waals surface area contributed by atoms with Gasteiger partial charge in [0, 0.05) is 19.8 Å². The molecule has 14 N–H and O–H groups in total. The summed E-state index contributed by atoms with van der Waals surface area (Å²) in [6, 6.07) is -2.54. The van der Waals surface area contributed by atoms with E-state index in [0.29, 0.717) is 25.7 Å². The second kappa shape index (κ2) is 35.1. The Labute approximate surface area is 435 Å². The van der Waals surface area contributed by atoms with Crippen LogP contribution in [0.1, 0.15) is 156 Å². The number of hydrogen-bond acceptors (Lipinski definition) is 20. The number of carbonyl (C=O) groups excluding carboxylic acids is 2. The Morgan fingerprint density at radius 3 is 1.82 bits per heavy atom. The molecular formula is C51H92N2O21. The number of ether oxygens (including phenoxy) is 6. The van der Waals surface area contributed by atoms with Crippen molar-refractivity contribution in [1.29, 1.82) is 0 Å². The lowest BCUT2D eigenvalue weighted by Gasteiger charge is -2.50. The zero-order chi connectivity index (χ0) is 54.8. The molecule has 23 nitrogen and oxygen atoms in total. The van der Waals surface area contributed by atoms with Crippen LogP contribution in [-0.2, 0) is 42.8 Å². The SMILES string of the molecule is CCCCCC/C=C\CCCC(=O)NC(COC1OC(CO)C(OC2OC(CO)C(O)C(OC3(C(=O)O)CC(O)C(NC(C)=O)C(C(O)C(O)CO)O3)C2O)C(O)C1O)C(O)CCCCCCCCCCCCC. The molecule has 0 aromatic rings. The molecule has 74 heavy (non-hydrogen) atoms. The number of nitrogens with one attached hydrogen (secondary N) is 2. The molecule has 0 saturated carbocycles. The number of unbranched alkanes of at least 4 members (excludes halogenated alkanes) is 15. The molecule has 0 bridgehead atoms. The fourth-order valence-electron chi connectivity index (χ4n) is 9.54. The lowest BCUT2D eigenvalue weighted by atomic mass is 9.88. The van der Waals surface area contributed by atoms with Crippen molar-refractivity contribution >= 4 is 17.8 Å². The highest BCUT2D eigenvalue weighted by Crippen LogP contribution is 2.38. The van der Waals surface area contributed by atoms with Crippen LogP contribution in [0.4, 0.5) is 0 Å². The standard InChI is InChI=1S/C51H92N2O21/c1-4-6-8-10-12-14-15-17-18-20-22-24-33(58)32(53-38(61)25-23-21-19-16-13-11-9-7-5-2)30-69-48-43(65)42(64)45(37(29-56)71-48)72-49-44(66)47(41(63)36(28-55)70-49)74-51(50(67)68)26-34(59)39(52-31(3)57)46(73-51)40(62)35(60)27-54/h16,19,32-37,39-49,54-56,58-60,62-66H,4-15,17-18,20-30H2,1-3H3,(H,52,57)(H,53,61)(H,67,68)/b19-16-. The van der Waals surface area contributed by atoms with E-state index in [9.17, 15) is 75.7 Å². The molecule has 3 rings (SSSR count). The van der Waals surface area contributed by atoms with Crippen LogP contribution < -0.4 is 10.6 Å². The number of rotatable bonds is 37. The number of aliphatic hydroxyl groups excluding tert-OH is 11. The van der Waals surface area contributed by atoms with Gasteiger partial charge in [-0.25, -0.2) is 4.79 Å². The van der Waals surface area contributed by atoms with Crippen molar-refractivity contribution in [3.63, 3.8) is 0 Å². The highest BCUT2D eigenvalue weighted by molar-refractivity contribution is 5.77. The van der Waals surface area contributed by atoms with Crippen LogP contribution in [0.15, 0.2) is 12.2 Å². The summed E-state index contributed by atoms with van der Waals surface area (Å²) in [6.07, 6.45) is -5.52. The van der Waals surface area contributed by atoms with Crippen LogP contribution in [0.2, 0.25) is 0 Å². The van der Waals surface area contributed by atoms with Crippen LogP contribution >= 0.6 is 0 Å². The summed E-state index contributed by atoms with van der Waals surface area (Å²) in [6.45, 7) is 2.05. The van der Waals surface area contributed by atoms with Crippen molar-refractivity contribution in [3.8, 4) is 0 Å². The molecule has 432 valence electrons. The zero-order valence-corrected chi connectivity index (χ0v) is 43.7. The smallest absolute Gasteiger partial charge is 0.364 e. The van der Waals surface area contributed by atoms with E-state index in [0.717, 1.165) is 51.9 Å². The van der Waals surface area contributed by atoms with Crippen molar-refractivity contribution in [2.75, 3.05) is 26.4 Å². The van der Waals surface area contributed by atoms with Crippen molar-refractivity contribution in [1.82, 2.24) is 10.6 Å². The first kappa shape index (κ1) is 65.8. The van der Waals surface area contributed by atoms with Gasteiger partial charge in [-0.2, -0.15) is 0 Å². The molecule has 0 aliphatic carbocycles. The Morgan fingerprint density at radius 1 is 0.689 bits per heavy atom. The molecule has 0 spiro atoms. The Balaban J connectivity index is 1.73. The summed E-state index contributed by atoms with van der Waals surface area (Å²) in [4.78, 5) is 38.1. The predicted octanol–water partition coefficient (Wildman–Crippen LogP) is 0.0446. The maximum absolute atomic E-state index is 13.2. The Bertz CT molecular complexity index is 1600. The molecule has 3 saturated heterocycles. The summed E-state index contributed by atoms with van der Waals surface area (Å²) in [5.41, 5.74) is 0. The summed E-state index contributed by atoms with van der Waals surface area (Å²) in [7, 11) is 0. The summed E-state index contributed by atoms with van der Waals surface area (Å²) in [5.74, 6) is -6.14. The van der Waals surface area contributed by atoms with Crippen LogP contribution in [0, 0.1) is 0 Å². The molecule has 3 heterocycles. The van der Waals surface area contributed by atoms with Gasteiger partial charge in [0.05, 0.1) is 50.7 Å². The van der Waals surface area contributed by atoms with E-state index < -0.39 is 148 Å². The number of aliphatic carboxylic acids is 1. The maximum Gasteiger partial charge on any atom is 0.364 e. The van der Waals surface area contributed by atoms with E-state index in [4.69, 9.17) is 28.4 Å². The Hall–Kier alpha value is -2.53. The lowest BCUT2D eigenvalue weighted by molar-refractivity contribution is -0.386. The minimum atomic E-state index is -3.08. The third-order valence-corrected chi connectivity index (χ3v) is 14.0. The van der Waals surface area contributed by atoms with Gasteiger partial charge in [-0.15, -0.1) is 0 Å². The molecule has 0 radical (unpaired) electrons. The van der Waals surface area contributed by atoms with E-state index in [1.807, 2.05) is 0 Å². The number of carboxylic acids is 1. The number of aliphatic hydroxyl groups is 11. The molecule has 0 aromatic heterocycles. The van der Waals surface area contributed by atoms with E-state index in [2.05, 4.69) is 36.6 Å². The first-order chi connectivity index (χ1) is 35.4. The van der Waals surface area contributed by atoms with E-state index in [1.165, 1.54) is 51.4 Å². The van der Waals surface area contributed by atoms with E-state index in [1.54, 1.807) is 0 Å². The average molecular weight is 1070 g/mol. The molecule has 3 aliphatic rings. The van der Waals surface area contributed by atoms with Gasteiger partial charge in [0.25, 0.3) is 5.79 Å². The minimum absolute atomic E-state index is 0.174. The van der Waals surface area contributed by atoms with Gasteiger partial charge in [0.15, 0.2) is 12.6 Å². The second-order valence-electron chi connectivity index (χ2n) is 20.1. The Kier molecular flexibility index (Phi) is 31.2. The quantitative estimate of drug-likeness (QED) is 0.0289. The van der Waals surface area contributed by atoms with E-state index >= 15 is 0 Å². The van der Waals surface area contributed by atoms with Gasteiger partial charge in [-0.05, 0) is 32.1 Å². The summed E-state index contributed by atoms with van der Waals surface area (Å²) >= 11 is 0. The van der Waals surface area contributed by atoms with Crippen LogP contribution in [0.3, 0.4) is 0 Å². The van der Waals surface area contributed by atoms with Crippen LogP contribution in [-0.4, -0.2) is 215 Å². The van der Waals surface area contributed by atoms with Crippen molar-refractivity contribution in [2.45, 2.75) is 265 Å². The van der Waals surface area contributed by atoms with Gasteiger partial charge in [-0.1, -0.05) is 116 Å². The minimum Gasteiger partial charge on any atom is -0.477 e. The molecular weight excluding hydrogens is 977 g/mol. The molecule has 18 unspecified atom stereocenters. The summed E-state index contributed by atoms with van der Waals surface area (Å²) in [5, 5.41) is 135. The number of hydrogen-bond donors (Lipinski definition) is 14. The predicted molar refractivity (Wildman–Crippen MR) is 265 cm³/mol. The van der Waals surface area contributed by atoms with Crippen molar-refractivity contribution < 1.29 is 104 Å². The number of carboxylic acid groups (broad SMARTS) is 1. The first-order valence-electron chi connectivity index (χ1n) is 27.0. The molecule has 3 aliphatic heterocycles. The molecule has 18 atom stereocenters. The first-order valence-corrected chi connectivity index (χ1v) is 27.0. The van der Waals surface area contributed by atoms with Gasteiger partial charge in [-0.3, -0.25) is 9.59 Å². The lowest BCUT2D eigenvalue weighted by Crippen LogP contribution is -2.70. The Morgan fingerprint density at radius 2 is 1.26 bits per heavy atom. The van der Waals surface area contributed by atoms with Crippen molar-refractivity contribution in [2.24, 2.45) is 0 Å². The maximum atomic E-state index is 13.2. The van der Waals surface area contributed by atoms with E-state index in [-0.39, 0.29) is 18.9 Å². The number of amides is 2. The fraction of sp³-hybridized carbons (Fsp3) is 0.902. The number of allylic oxidation sites excluding steroid dienone is 2. The van der Waals surface area contributed by atoms with Crippen LogP contribution in [0.25, 0.3) is 0 Å². The molecule has 2 amide bonds. The zero-order valence-electron chi connectivity index (χ0n) is 43.7. The third-order valence-electron chi connectivity index (χ3n) is 14.0. The molecule has 0 aromatic carbocycles. The average Bonchev–Trinajstić information content (AvgIpc) is 3.37. The highest BCUT2D eigenvalue weighted by atomic mass is 16.8. The summed E-state index contributed by atoms with van der Waals surface area (Å²) < 4.78 is 34.5. The fourth-order valence-corrected chi connectivity index (χ4v) is 9.54. The highest BCUT2D eigenvalue weighted by Gasteiger charge is 2.60. The van der Waals surface area contributed by atoms with Crippen molar-refractivity contribution in [3.05, 3.63) is 12.2 Å². The third kappa shape index (κ3) is 20.7. The monoisotopic (exact) mass is 1070 g/mol. The topological polar surface area (TPSA) is 373 Å². The number of carbonyl (C=O) groups is 3. The normalized spacial score (nSPS) is 32.2. The van der Waals surface area contributed by atoms with Gasteiger partial charge < -0.3 is 100 Å². The largest absolute Gasteiger partial charge is 0.477 e. The van der Waals surface area contributed by atoms with Gasteiger partial charge >= 0.3 is 5.97 Å².